The lowest BCUT2D eigenvalue weighted by Gasteiger charge is -2.08. The molecule has 0 aliphatic rings. The fourth-order valence-electron chi connectivity index (χ4n) is 2.14. The minimum Gasteiger partial charge on any atom is -0.436 e. The average molecular weight is 288 g/mol. The van der Waals surface area contributed by atoms with E-state index in [1.165, 1.54) is 5.56 Å². The summed E-state index contributed by atoms with van der Waals surface area (Å²) < 4.78 is 7.69. The van der Waals surface area contributed by atoms with Crippen molar-refractivity contribution in [3.05, 3.63) is 35.8 Å². The smallest absolute Gasteiger partial charge is 0.219 e. The number of aromatic nitrogens is 3. The second kappa shape index (κ2) is 7.78. The van der Waals surface area contributed by atoms with E-state index in [1.54, 1.807) is 6.20 Å². The Morgan fingerprint density at radius 3 is 2.86 bits per heavy atom. The fraction of sp³-hybridized carbons (Fsp3) is 0.500. The molecule has 5 nitrogen and oxygen atoms in total. The van der Waals surface area contributed by atoms with Crippen molar-refractivity contribution in [2.45, 2.75) is 46.7 Å². The summed E-state index contributed by atoms with van der Waals surface area (Å²) >= 11 is 0. The molecule has 2 heterocycles. The van der Waals surface area contributed by atoms with Crippen molar-refractivity contribution in [3.63, 3.8) is 0 Å². The third kappa shape index (κ3) is 4.86. The first-order valence-electron chi connectivity index (χ1n) is 7.60. The molecule has 0 aliphatic carbocycles. The predicted molar refractivity (Wildman–Crippen MR) is 83.6 cm³/mol. The van der Waals surface area contributed by atoms with Crippen molar-refractivity contribution in [1.82, 2.24) is 20.1 Å². The molecular weight excluding hydrogens is 264 g/mol. The van der Waals surface area contributed by atoms with E-state index in [1.807, 2.05) is 23.9 Å². The third-order valence-electron chi connectivity index (χ3n) is 3.03. The van der Waals surface area contributed by atoms with Crippen LogP contribution in [-0.4, -0.2) is 21.3 Å². The number of aryl methyl sites for hydroxylation is 2. The van der Waals surface area contributed by atoms with Crippen LogP contribution in [0, 0.1) is 6.92 Å². The van der Waals surface area contributed by atoms with Gasteiger partial charge in [0.2, 0.25) is 5.88 Å². The molecule has 2 rings (SSSR count). The van der Waals surface area contributed by atoms with Crippen molar-refractivity contribution < 1.29 is 4.74 Å². The van der Waals surface area contributed by atoms with Crippen LogP contribution in [0.25, 0.3) is 0 Å². The van der Waals surface area contributed by atoms with Crippen molar-refractivity contribution in [2.24, 2.45) is 0 Å². The van der Waals surface area contributed by atoms with Crippen molar-refractivity contribution in [1.29, 1.82) is 0 Å². The van der Waals surface area contributed by atoms with Crippen molar-refractivity contribution >= 4 is 0 Å². The first-order chi connectivity index (χ1) is 10.2. The number of hydrogen-bond donors (Lipinski definition) is 1. The Kier molecular flexibility index (Phi) is 5.75. The summed E-state index contributed by atoms with van der Waals surface area (Å²) in [4.78, 5) is 4.43. The highest BCUT2D eigenvalue weighted by Gasteiger charge is 2.05. The summed E-state index contributed by atoms with van der Waals surface area (Å²) in [5.41, 5.74) is 2.15. The third-order valence-corrected chi connectivity index (χ3v) is 3.03. The van der Waals surface area contributed by atoms with Crippen LogP contribution in [-0.2, 0) is 13.1 Å². The number of pyridine rings is 1. The molecule has 1 N–H and O–H groups in total. The zero-order chi connectivity index (χ0) is 15.1. The summed E-state index contributed by atoms with van der Waals surface area (Å²) in [7, 11) is 0. The molecule has 0 saturated carbocycles. The van der Waals surface area contributed by atoms with Crippen LogP contribution < -0.4 is 10.1 Å². The molecule has 0 unspecified atom stereocenters. The highest BCUT2D eigenvalue weighted by Crippen LogP contribution is 2.20. The zero-order valence-electron chi connectivity index (χ0n) is 13.1. The van der Waals surface area contributed by atoms with Gasteiger partial charge < -0.3 is 10.1 Å². The second-order valence-corrected chi connectivity index (χ2v) is 5.17. The minimum absolute atomic E-state index is 0.624. The lowest BCUT2D eigenvalue weighted by Crippen LogP contribution is -2.14. The maximum Gasteiger partial charge on any atom is 0.219 e. The Morgan fingerprint density at radius 1 is 1.24 bits per heavy atom. The van der Waals surface area contributed by atoms with Crippen LogP contribution in [0.2, 0.25) is 0 Å². The van der Waals surface area contributed by atoms with Gasteiger partial charge in [0.05, 0.1) is 12.4 Å². The van der Waals surface area contributed by atoms with E-state index in [4.69, 9.17) is 4.74 Å². The number of hydrogen-bond acceptors (Lipinski definition) is 4. The van der Waals surface area contributed by atoms with Crippen LogP contribution in [0.5, 0.6) is 11.6 Å². The van der Waals surface area contributed by atoms with Crippen LogP contribution in [0.3, 0.4) is 0 Å². The Hall–Kier alpha value is -1.88. The van der Waals surface area contributed by atoms with Crippen LogP contribution in [0.15, 0.2) is 24.5 Å². The van der Waals surface area contributed by atoms with Gasteiger partial charge in [-0.2, -0.15) is 5.10 Å². The highest BCUT2D eigenvalue weighted by molar-refractivity contribution is 5.28. The Labute approximate surface area is 126 Å². The molecule has 0 aromatic carbocycles. The molecule has 21 heavy (non-hydrogen) atoms. The molecule has 0 bridgehead atoms. The summed E-state index contributed by atoms with van der Waals surface area (Å²) in [5.74, 6) is 1.35. The molecule has 114 valence electrons. The van der Waals surface area contributed by atoms with Gasteiger partial charge in [-0.3, -0.25) is 4.68 Å². The molecule has 2 aromatic rings. The van der Waals surface area contributed by atoms with Gasteiger partial charge in [0.15, 0.2) is 5.75 Å². The van der Waals surface area contributed by atoms with Gasteiger partial charge in [0.1, 0.15) is 0 Å². The molecule has 0 saturated heterocycles. The van der Waals surface area contributed by atoms with Gasteiger partial charge in [-0.05, 0) is 37.9 Å². The minimum atomic E-state index is 0.624. The normalized spacial score (nSPS) is 10.8. The van der Waals surface area contributed by atoms with Gasteiger partial charge in [0.25, 0.3) is 0 Å². The zero-order valence-corrected chi connectivity index (χ0v) is 13.1. The molecule has 0 aliphatic heterocycles. The molecule has 0 fully saturated rings. The Bertz CT molecular complexity index is 565. The Morgan fingerprint density at radius 2 is 2.10 bits per heavy atom. The molecular formula is C16H24N4O. The molecule has 0 amide bonds. The van der Waals surface area contributed by atoms with E-state index in [-0.39, 0.29) is 0 Å². The van der Waals surface area contributed by atoms with Crippen LogP contribution in [0.1, 0.15) is 37.9 Å². The topological polar surface area (TPSA) is 52.0 Å². The standard InChI is InChI=1S/C16H24N4O/c1-4-6-17-10-14-8-13(3)19-16(9-14)21-15-11-18-20(12-15)7-5-2/h8-9,11-12,17H,4-7,10H2,1-3H3. The van der Waals surface area contributed by atoms with E-state index in [2.05, 4.69) is 35.3 Å². The van der Waals surface area contributed by atoms with Crippen molar-refractivity contribution in [2.75, 3.05) is 6.54 Å². The highest BCUT2D eigenvalue weighted by atomic mass is 16.5. The number of ether oxygens (including phenoxy) is 1. The molecule has 0 spiro atoms. The second-order valence-electron chi connectivity index (χ2n) is 5.17. The number of nitrogens with zero attached hydrogens (tertiary/aromatic N) is 3. The predicted octanol–water partition coefficient (Wildman–Crippen LogP) is 3.29. The largest absolute Gasteiger partial charge is 0.436 e. The summed E-state index contributed by atoms with van der Waals surface area (Å²) in [6, 6.07) is 4.06. The lowest BCUT2D eigenvalue weighted by atomic mass is 10.2. The Balaban J connectivity index is 2.04. The maximum absolute atomic E-state index is 5.81. The van der Waals surface area contributed by atoms with Gasteiger partial charge >= 0.3 is 0 Å². The SMILES string of the molecule is CCCNCc1cc(C)nc(Oc2cnn(CCC)c2)c1. The molecule has 0 radical (unpaired) electrons. The first-order valence-corrected chi connectivity index (χ1v) is 7.60. The average Bonchev–Trinajstić information content (AvgIpc) is 2.86. The van der Waals surface area contributed by atoms with Gasteiger partial charge in [-0.15, -0.1) is 0 Å². The van der Waals surface area contributed by atoms with E-state index >= 15 is 0 Å². The molecule has 5 heteroatoms. The van der Waals surface area contributed by atoms with Crippen LogP contribution in [0.4, 0.5) is 0 Å². The maximum atomic E-state index is 5.81. The number of rotatable bonds is 8. The van der Waals surface area contributed by atoms with Crippen molar-refractivity contribution in [3.8, 4) is 11.6 Å². The van der Waals surface area contributed by atoms with E-state index in [0.717, 1.165) is 43.9 Å². The van der Waals surface area contributed by atoms with Crippen LogP contribution >= 0.6 is 0 Å². The fourth-order valence-corrected chi connectivity index (χ4v) is 2.14. The van der Waals surface area contributed by atoms with Gasteiger partial charge in [0, 0.05) is 24.8 Å². The lowest BCUT2D eigenvalue weighted by molar-refractivity contribution is 0.458. The quantitative estimate of drug-likeness (QED) is 0.757. The first kappa shape index (κ1) is 15.5. The number of nitrogens with one attached hydrogen (secondary N) is 1. The van der Waals surface area contributed by atoms with Gasteiger partial charge in [-0.25, -0.2) is 4.98 Å². The summed E-state index contributed by atoms with van der Waals surface area (Å²) in [5, 5.41) is 7.65. The van der Waals surface area contributed by atoms with E-state index in [0.29, 0.717) is 5.88 Å². The molecule has 0 atom stereocenters. The van der Waals surface area contributed by atoms with Gasteiger partial charge in [-0.1, -0.05) is 13.8 Å². The van der Waals surface area contributed by atoms with E-state index < -0.39 is 0 Å². The molecule has 2 aromatic heterocycles. The van der Waals surface area contributed by atoms with E-state index in [9.17, 15) is 0 Å². The summed E-state index contributed by atoms with van der Waals surface area (Å²) in [6.07, 6.45) is 5.82. The summed E-state index contributed by atoms with van der Waals surface area (Å²) in [6.45, 7) is 9.02. The monoisotopic (exact) mass is 288 g/mol.